The molecule has 0 aromatic carbocycles. The van der Waals surface area contributed by atoms with E-state index < -0.39 is 75.3 Å². The Balaban J connectivity index is 2.82. The molecule has 0 spiro atoms. The summed E-state index contributed by atoms with van der Waals surface area (Å²) in [6.07, 6.45) is 0. The first-order valence-electron chi connectivity index (χ1n) is 6.58. The summed E-state index contributed by atoms with van der Waals surface area (Å²) in [5.41, 5.74) is -4.08. The van der Waals surface area contributed by atoms with Crippen molar-refractivity contribution in [2.24, 2.45) is 0 Å². The Hall–Kier alpha value is -2.77. The molecule has 1 atom stereocenters. The van der Waals surface area contributed by atoms with Gasteiger partial charge in [-0.15, -0.1) is 0 Å². The molecular weight excluding hydrogens is 532 g/mol. The smallest absolute Gasteiger partial charge is 0.249 e. The van der Waals surface area contributed by atoms with Gasteiger partial charge in [-0.3, -0.25) is 0 Å². The normalized spacial score (nSPS) is 19.4. The average molecular weight is 532 g/mol. The van der Waals surface area contributed by atoms with Gasteiger partial charge in [0.2, 0.25) is 0 Å². The first kappa shape index (κ1) is 21.5. The molecule has 0 aliphatic heterocycles. The molecule has 28 heavy (non-hydrogen) atoms. The second-order valence-electron chi connectivity index (χ2n) is 4.73. The quantitative estimate of drug-likeness (QED) is 0.274. The molecule has 0 aromatic heterocycles. The first-order valence-corrected chi connectivity index (χ1v) is 9.31. The molecule has 2 aliphatic carbocycles. The van der Waals surface area contributed by atoms with E-state index in [1.54, 1.807) is 0 Å². The lowest BCUT2D eigenvalue weighted by atomic mass is 10.1. The maximum Gasteiger partial charge on any atom is 0.274 e. The predicted molar refractivity (Wildman–Crippen MR) is 96.0 cm³/mol. The fourth-order valence-electron chi connectivity index (χ4n) is 2.16. The lowest BCUT2D eigenvalue weighted by molar-refractivity contribution is 0.613. The van der Waals surface area contributed by atoms with E-state index in [-0.39, 0.29) is 0 Å². The van der Waals surface area contributed by atoms with Crippen molar-refractivity contribution in [1.29, 1.82) is 15.8 Å². The van der Waals surface area contributed by atoms with Gasteiger partial charge in [0.05, 0.1) is 53.4 Å². The van der Waals surface area contributed by atoms with Gasteiger partial charge in [-0.1, -0.05) is 0 Å². The van der Waals surface area contributed by atoms with Crippen LogP contribution in [0.1, 0.15) is 0 Å². The zero-order valence-corrected chi connectivity index (χ0v) is 16.9. The highest BCUT2D eigenvalue weighted by atomic mass is 79.9. The van der Waals surface area contributed by atoms with Gasteiger partial charge in [0.15, 0.2) is 11.7 Å². The summed E-state index contributed by atoms with van der Waals surface area (Å²) in [5.74, 6) is -5.99. The molecule has 0 bridgehead atoms. The Morgan fingerprint density at radius 1 is 0.857 bits per heavy atom. The van der Waals surface area contributed by atoms with Gasteiger partial charge in [-0.05, 0) is 31.9 Å². The molecule has 12 heteroatoms. The van der Waals surface area contributed by atoms with E-state index in [0.717, 1.165) is 0 Å². The summed E-state index contributed by atoms with van der Waals surface area (Å²) in [5, 5.41) is 26.5. The largest absolute Gasteiger partial charge is 0.274 e. The monoisotopic (exact) mass is 530 g/mol. The molecule has 5 nitrogen and oxygen atoms in total. The van der Waals surface area contributed by atoms with Crippen molar-refractivity contribution in [3.8, 4) is 18.2 Å². The molecule has 2 aliphatic rings. The number of allylic oxidation sites excluding steroid dienone is 10. The van der Waals surface area contributed by atoms with Crippen molar-refractivity contribution in [3.63, 3.8) is 0 Å². The second kappa shape index (κ2) is 8.08. The highest BCUT2D eigenvalue weighted by molar-refractivity contribution is 9.12. The summed E-state index contributed by atoms with van der Waals surface area (Å²) in [4.78, 5) is 0.716. The lowest BCUT2D eigenvalue weighted by Crippen LogP contribution is -2.00. The molecule has 138 valence electrons. The van der Waals surface area contributed by atoms with Crippen LogP contribution in [0.15, 0.2) is 64.5 Å². The van der Waals surface area contributed by atoms with Crippen molar-refractivity contribution in [1.82, 2.24) is 0 Å². The minimum Gasteiger partial charge on any atom is -0.249 e. The lowest BCUT2D eigenvalue weighted by Gasteiger charge is -2.05. The van der Waals surface area contributed by atoms with Crippen LogP contribution in [0.3, 0.4) is 0 Å². The van der Waals surface area contributed by atoms with E-state index >= 15 is 0 Å². The van der Waals surface area contributed by atoms with Crippen LogP contribution in [0.2, 0.25) is 0 Å². The van der Waals surface area contributed by atoms with E-state index in [4.69, 9.17) is 22.4 Å². The Labute approximate surface area is 174 Å². The van der Waals surface area contributed by atoms with Crippen LogP contribution in [0.25, 0.3) is 4.85 Å². The average Bonchev–Trinajstić information content (AvgIpc) is 3.02. The number of hydrogen-bond donors (Lipinski definition) is 0. The Kier molecular flexibility index (Phi) is 6.21. The van der Waals surface area contributed by atoms with Crippen LogP contribution in [-0.4, -0.2) is 4.21 Å². The van der Waals surface area contributed by atoms with E-state index in [2.05, 4.69) is 36.7 Å². The van der Waals surface area contributed by atoms with E-state index in [1.165, 1.54) is 18.2 Å². The number of hydrogen-bond acceptors (Lipinski definition) is 4. The molecule has 0 saturated carbocycles. The van der Waals surface area contributed by atoms with Gasteiger partial charge in [0.1, 0.15) is 29.4 Å². The van der Waals surface area contributed by atoms with Crippen LogP contribution < -0.4 is 0 Å². The standard InChI is InChI=1S/C16Br2F4N4OS/c1-26-6(4-25)8-12(20)10(18)16(14(8)22)28(27)15-9(17)11(19)7(13(15)21)5(2-23)3-24/b8-6-. The van der Waals surface area contributed by atoms with Crippen molar-refractivity contribution in [3.05, 3.63) is 75.9 Å². The molecular formula is C16Br2F4N4OS. The van der Waals surface area contributed by atoms with Crippen molar-refractivity contribution < 1.29 is 21.8 Å². The first-order chi connectivity index (χ1) is 13.2. The van der Waals surface area contributed by atoms with Crippen LogP contribution in [0.4, 0.5) is 17.6 Å². The van der Waals surface area contributed by atoms with Crippen LogP contribution in [-0.2, 0) is 10.8 Å². The van der Waals surface area contributed by atoms with E-state index in [0.29, 0.717) is 0 Å². The van der Waals surface area contributed by atoms with Crippen LogP contribution >= 0.6 is 31.9 Å². The number of nitrogens with zero attached hydrogens (tertiary/aromatic N) is 4. The van der Waals surface area contributed by atoms with Gasteiger partial charge in [0, 0.05) is 0 Å². The minimum atomic E-state index is -2.89. The third kappa shape index (κ3) is 3.06. The van der Waals surface area contributed by atoms with Gasteiger partial charge in [0.25, 0.3) is 5.70 Å². The Morgan fingerprint density at radius 2 is 1.29 bits per heavy atom. The molecule has 0 radical (unpaired) electrons. The van der Waals surface area contributed by atoms with E-state index in [9.17, 15) is 21.8 Å². The molecule has 0 amide bonds. The summed E-state index contributed by atoms with van der Waals surface area (Å²) < 4.78 is 69.1. The molecule has 0 fully saturated rings. The Morgan fingerprint density at radius 3 is 1.68 bits per heavy atom. The fraction of sp³-hybridized carbons (Fsp3) is 0. The molecule has 1 unspecified atom stereocenters. The van der Waals surface area contributed by atoms with Gasteiger partial charge >= 0.3 is 0 Å². The maximum atomic E-state index is 14.7. The van der Waals surface area contributed by atoms with E-state index in [1.807, 2.05) is 0 Å². The van der Waals surface area contributed by atoms with Gasteiger partial charge in [-0.25, -0.2) is 31.9 Å². The maximum absolute atomic E-state index is 14.7. The third-order valence-electron chi connectivity index (χ3n) is 3.36. The summed E-state index contributed by atoms with van der Waals surface area (Å²) >= 11 is 5.26. The highest BCUT2D eigenvalue weighted by Crippen LogP contribution is 2.51. The fourth-order valence-corrected chi connectivity index (χ4v) is 5.03. The molecule has 0 heterocycles. The third-order valence-corrected chi connectivity index (χ3v) is 6.88. The predicted octanol–water partition coefficient (Wildman–Crippen LogP) is 5.32. The molecule has 0 saturated heterocycles. The van der Waals surface area contributed by atoms with Crippen molar-refractivity contribution in [2.45, 2.75) is 0 Å². The molecule has 0 aromatic rings. The number of rotatable bonds is 2. The molecule has 0 N–H and O–H groups in total. The SMILES string of the molecule is [C-]#[N+]/C(C#N)=C1/C(F)=C(Br)C(S(=O)C2=C(F)C(=C(C#N)C#N)C(F)=C2Br)=C1F. The number of nitriles is 3. The summed E-state index contributed by atoms with van der Waals surface area (Å²) in [6.45, 7) is 6.79. The van der Waals surface area contributed by atoms with Crippen LogP contribution in [0, 0.1) is 40.6 Å². The second-order valence-corrected chi connectivity index (χ2v) is 7.67. The van der Waals surface area contributed by atoms with Crippen molar-refractivity contribution >= 4 is 42.7 Å². The highest BCUT2D eigenvalue weighted by Gasteiger charge is 2.41. The molecule has 2 rings (SSSR count). The minimum absolute atomic E-state index is 0.756. The summed E-state index contributed by atoms with van der Waals surface area (Å²) in [7, 11) is -2.89. The topological polar surface area (TPSA) is 92.8 Å². The number of halogens is 6. The Bertz CT molecular complexity index is 1100. The van der Waals surface area contributed by atoms with Gasteiger partial charge < -0.3 is 0 Å². The van der Waals surface area contributed by atoms with Crippen molar-refractivity contribution in [2.75, 3.05) is 0 Å². The zero-order valence-electron chi connectivity index (χ0n) is 12.9. The summed E-state index contributed by atoms with van der Waals surface area (Å²) in [6, 6.07) is 3.83. The van der Waals surface area contributed by atoms with Gasteiger partial charge in [-0.2, -0.15) is 10.5 Å². The van der Waals surface area contributed by atoms with Crippen LogP contribution in [0.5, 0.6) is 0 Å². The zero-order chi connectivity index (χ0) is 21.3.